The van der Waals surface area contributed by atoms with Crippen LogP contribution in [0.15, 0.2) is 60.0 Å². The third-order valence-corrected chi connectivity index (χ3v) is 7.09. The average molecular weight is 495 g/mol. The van der Waals surface area contributed by atoms with Gasteiger partial charge in [-0.1, -0.05) is 11.8 Å². The summed E-state index contributed by atoms with van der Waals surface area (Å²) >= 11 is 1.41. The van der Waals surface area contributed by atoms with Gasteiger partial charge in [0.15, 0.2) is 16.7 Å². The highest BCUT2D eigenvalue weighted by molar-refractivity contribution is 7.99. The van der Waals surface area contributed by atoms with Crippen LogP contribution < -0.4 is 19.5 Å². The molecule has 1 aromatic heterocycles. The van der Waals surface area contributed by atoms with Crippen LogP contribution in [0, 0.1) is 5.92 Å². The van der Waals surface area contributed by atoms with Gasteiger partial charge in [-0.2, -0.15) is 0 Å². The smallest absolute Gasteiger partial charge is 0.233 e. The maximum absolute atomic E-state index is 12.8. The number of aromatic nitrogens is 2. The first-order valence-corrected chi connectivity index (χ1v) is 12.4. The Morgan fingerprint density at radius 1 is 1.11 bits per heavy atom. The highest BCUT2D eigenvalue weighted by Gasteiger charge is 2.28. The quantitative estimate of drug-likeness (QED) is 0.502. The van der Waals surface area contributed by atoms with Crippen LogP contribution in [-0.2, 0) is 9.59 Å². The first kappa shape index (κ1) is 23.1. The Morgan fingerprint density at radius 3 is 2.66 bits per heavy atom. The predicted molar refractivity (Wildman–Crippen MR) is 131 cm³/mol. The van der Waals surface area contributed by atoms with Crippen LogP contribution in [0.2, 0.25) is 0 Å². The summed E-state index contributed by atoms with van der Waals surface area (Å²) in [6, 6.07) is 13.0. The Hall–Kier alpha value is -3.66. The molecule has 3 heterocycles. The number of nitrogens with zero attached hydrogens (tertiary/aromatic N) is 3. The van der Waals surface area contributed by atoms with Gasteiger partial charge in [-0.25, -0.2) is 4.98 Å². The molecule has 2 aliphatic rings. The molecular weight excluding hydrogens is 468 g/mol. The van der Waals surface area contributed by atoms with Gasteiger partial charge in [-0.15, -0.1) is 0 Å². The Bertz CT molecular complexity index is 1200. The lowest BCUT2D eigenvalue weighted by atomic mass is 9.96. The number of carbonyl (C=O) groups is 2. The number of anilines is 1. The van der Waals surface area contributed by atoms with Gasteiger partial charge >= 0.3 is 0 Å². The van der Waals surface area contributed by atoms with E-state index in [0.29, 0.717) is 48.9 Å². The van der Waals surface area contributed by atoms with Crippen LogP contribution in [0.3, 0.4) is 0 Å². The largest absolute Gasteiger partial charge is 0.497 e. The van der Waals surface area contributed by atoms with Gasteiger partial charge in [0.1, 0.15) is 5.75 Å². The Morgan fingerprint density at radius 2 is 1.89 bits per heavy atom. The summed E-state index contributed by atoms with van der Waals surface area (Å²) in [5.41, 5.74) is 1.63. The molecule has 10 heteroatoms. The summed E-state index contributed by atoms with van der Waals surface area (Å²) < 4.78 is 17.8. The van der Waals surface area contributed by atoms with E-state index in [1.165, 1.54) is 11.8 Å². The van der Waals surface area contributed by atoms with Gasteiger partial charge in [-0.05, 0) is 49.2 Å². The summed E-state index contributed by atoms with van der Waals surface area (Å²) in [6.07, 6.45) is 4.86. The highest BCUT2D eigenvalue weighted by Crippen LogP contribution is 2.34. The number of carbonyl (C=O) groups excluding carboxylic acids is 2. The maximum atomic E-state index is 12.8. The van der Waals surface area contributed by atoms with E-state index in [4.69, 9.17) is 14.2 Å². The zero-order chi connectivity index (χ0) is 24.2. The van der Waals surface area contributed by atoms with Crippen molar-refractivity contribution in [3.05, 3.63) is 54.9 Å². The topological polar surface area (TPSA) is 94.9 Å². The number of methoxy groups -OCH3 is 1. The van der Waals surface area contributed by atoms with E-state index in [2.05, 4.69) is 10.3 Å². The lowest BCUT2D eigenvalue weighted by Gasteiger charge is -2.31. The number of piperidine rings is 1. The molecule has 0 bridgehead atoms. The predicted octanol–water partition coefficient (Wildman–Crippen LogP) is 3.58. The summed E-state index contributed by atoms with van der Waals surface area (Å²) in [6.45, 7) is 1.32. The molecule has 0 atom stereocenters. The van der Waals surface area contributed by atoms with Crippen molar-refractivity contribution in [2.45, 2.75) is 18.0 Å². The van der Waals surface area contributed by atoms with Gasteiger partial charge in [0.05, 0.1) is 12.9 Å². The van der Waals surface area contributed by atoms with Crippen LogP contribution in [0.1, 0.15) is 12.8 Å². The van der Waals surface area contributed by atoms with E-state index in [0.717, 1.165) is 16.6 Å². The molecule has 2 amide bonds. The fourth-order valence-corrected chi connectivity index (χ4v) is 5.04. The highest BCUT2D eigenvalue weighted by atomic mass is 32.2. The lowest BCUT2D eigenvalue weighted by molar-refractivity contribution is -0.132. The van der Waals surface area contributed by atoms with Gasteiger partial charge in [-0.3, -0.25) is 14.2 Å². The minimum absolute atomic E-state index is 0.0353. The number of hydrogen-bond acceptors (Lipinski definition) is 7. The number of ether oxygens (including phenoxy) is 3. The zero-order valence-electron chi connectivity index (χ0n) is 19.3. The van der Waals surface area contributed by atoms with Gasteiger partial charge < -0.3 is 24.4 Å². The monoisotopic (exact) mass is 494 g/mol. The standard InChI is InChI=1S/C25H26N4O5S/c1-32-20-5-3-19(4-6-20)29-13-10-26-25(29)35-15-23(30)28-11-8-17(9-12-28)24(31)27-18-2-7-21-22(14-18)34-16-33-21/h2-7,10,13-14,17H,8-9,11-12,15-16H2,1H3,(H,27,31). The third kappa shape index (κ3) is 5.22. The number of imidazole rings is 1. The fraction of sp³-hybridized carbons (Fsp3) is 0.320. The Labute approximate surface area is 207 Å². The third-order valence-electron chi connectivity index (χ3n) is 6.14. The van der Waals surface area contributed by atoms with Crippen molar-refractivity contribution >= 4 is 29.3 Å². The van der Waals surface area contributed by atoms with Crippen molar-refractivity contribution in [2.75, 3.05) is 38.1 Å². The van der Waals surface area contributed by atoms with Crippen molar-refractivity contribution in [1.29, 1.82) is 0 Å². The van der Waals surface area contributed by atoms with E-state index in [9.17, 15) is 9.59 Å². The second-order valence-electron chi connectivity index (χ2n) is 8.28. The van der Waals surface area contributed by atoms with Crippen LogP contribution in [0.5, 0.6) is 17.2 Å². The number of benzene rings is 2. The normalized spacial score (nSPS) is 15.2. The summed E-state index contributed by atoms with van der Waals surface area (Å²) in [5.74, 6) is 2.27. The number of nitrogens with one attached hydrogen (secondary N) is 1. The molecule has 0 spiro atoms. The van der Waals surface area contributed by atoms with Gasteiger partial charge in [0.25, 0.3) is 0 Å². The summed E-state index contributed by atoms with van der Waals surface area (Å²) in [4.78, 5) is 31.8. The van der Waals surface area contributed by atoms with Gasteiger partial charge in [0.2, 0.25) is 18.6 Å². The SMILES string of the molecule is COc1ccc(-n2ccnc2SCC(=O)N2CCC(C(=O)Nc3ccc4c(c3)OCO4)CC2)cc1. The first-order chi connectivity index (χ1) is 17.1. The number of hydrogen-bond donors (Lipinski definition) is 1. The van der Waals surface area contributed by atoms with Gasteiger partial charge in [0, 0.05) is 48.8 Å². The molecule has 1 saturated heterocycles. The number of rotatable bonds is 7. The second kappa shape index (κ2) is 10.3. The molecule has 2 aromatic carbocycles. The van der Waals surface area contributed by atoms with Crippen molar-refractivity contribution in [2.24, 2.45) is 5.92 Å². The molecule has 1 N–H and O–H groups in total. The van der Waals surface area contributed by atoms with Crippen LogP contribution in [-0.4, -0.2) is 59.0 Å². The molecule has 2 aliphatic heterocycles. The van der Waals surface area contributed by atoms with E-state index < -0.39 is 0 Å². The van der Waals surface area contributed by atoms with Crippen LogP contribution in [0.4, 0.5) is 5.69 Å². The molecule has 35 heavy (non-hydrogen) atoms. The number of amides is 2. The minimum Gasteiger partial charge on any atom is -0.497 e. The Kier molecular flexibility index (Phi) is 6.80. The van der Waals surface area contributed by atoms with Crippen LogP contribution in [0.25, 0.3) is 5.69 Å². The van der Waals surface area contributed by atoms with E-state index in [1.807, 2.05) is 39.9 Å². The Balaban J connectivity index is 1.10. The first-order valence-electron chi connectivity index (χ1n) is 11.4. The zero-order valence-corrected chi connectivity index (χ0v) is 20.1. The average Bonchev–Trinajstić information content (AvgIpc) is 3.56. The van der Waals surface area contributed by atoms with E-state index >= 15 is 0 Å². The summed E-state index contributed by atoms with van der Waals surface area (Å²) in [7, 11) is 1.63. The van der Waals surface area contributed by atoms with Crippen molar-refractivity contribution in [3.63, 3.8) is 0 Å². The van der Waals surface area contributed by atoms with E-state index in [-0.39, 0.29) is 24.5 Å². The molecule has 0 saturated carbocycles. The van der Waals surface area contributed by atoms with E-state index in [1.54, 1.807) is 31.5 Å². The molecule has 3 aromatic rings. The molecular formula is C25H26N4O5S. The molecule has 1 fully saturated rings. The number of fused-ring (bicyclic) bond motifs is 1. The molecule has 5 rings (SSSR count). The molecule has 0 aliphatic carbocycles. The lowest BCUT2D eigenvalue weighted by Crippen LogP contribution is -2.42. The molecule has 0 unspecified atom stereocenters. The summed E-state index contributed by atoms with van der Waals surface area (Å²) in [5, 5.41) is 3.71. The second-order valence-corrected chi connectivity index (χ2v) is 9.22. The molecule has 0 radical (unpaired) electrons. The van der Waals surface area contributed by atoms with Crippen molar-refractivity contribution < 1.29 is 23.8 Å². The molecule has 182 valence electrons. The van der Waals surface area contributed by atoms with Crippen molar-refractivity contribution in [3.8, 4) is 22.9 Å². The molecule has 9 nitrogen and oxygen atoms in total. The minimum atomic E-state index is -0.133. The number of thioether (sulfide) groups is 1. The fourth-order valence-electron chi connectivity index (χ4n) is 4.16. The maximum Gasteiger partial charge on any atom is 0.233 e. The number of likely N-dealkylation sites (tertiary alicyclic amines) is 1. The van der Waals surface area contributed by atoms with Crippen LogP contribution >= 0.6 is 11.8 Å². The van der Waals surface area contributed by atoms with Crippen molar-refractivity contribution in [1.82, 2.24) is 14.5 Å².